The maximum Gasteiger partial charge on any atom is 0.230 e. The van der Waals surface area contributed by atoms with Gasteiger partial charge in [0.2, 0.25) is 5.91 Å². The van der Waals surface area contributed by atoms with Gasteiger partial charge in [0.15, 0.2) is 0 Å². The third kappa shape index (κ3) is 4.83. The Morgan fingerprint density at radius 1 is 1.03 bits per heavy atom. The summed E-state index contributed by atoms with van der Waals surface area (Å²) in [7, 11) is 0. The van der Waals surface area contributed by atoms with Crippen molar-refractivity contribution in [3.8, 4) is 11.1 Å². The molecule has 31 heavy (non-hydrogen) atoms. The Balaban J connectivity index is 1.56. The van der Waals surface area contributed by atoms with Gasteiger partial charge in [0.1, 0.15) is 5.82 Å². The van der Waals surface area contributed by atoms with Gasteiger partial charge in [-0.2, -0.15) is 0 Å². The molecule has 1 saturated carbocycles. The molecule has 3 aromatic rings. The van der Waals surface area contributed by atoms with E-state index in [4.69, 9.17) is 5.73 Å². The molecule has 1 aliphatic carbocycles. The first-order chi connectivity index (χ1) is 15.1. The van der Waals surface area contributed by atoms with Crippen LogP contribution in [0.3, 0.4) is 0 Å². The Kier molecular flexibility index (Phi) is 6.42. The maximum absolute atomic E-state index is 13.5. The number of nitrogens with zero attached hydrogens (tertiary/aromatic N) is 3. The molecule has 1 amide bonds. The smallest absolute Gasteiger partial charge is 0.230 e. The normalized spacial score (nSPS) is 19.5. The van der Waals surface area contributed by atoms with Crippen LogP contribution in [0.25, 0.3) is 11.1 Å². The Morgan fingerprint density at radius 3 is 2.32 bits per heavy atom. The van der Waals surface area contributed by atoms with Crippen molar-refractivity contribution in [2.45, 2.75) is 38.6 Å². The molecule has 1 fully saturated rings. The summed E-state index contributed by atoms with van der Waals surface area (Å²) in [5.41, 5.74) is 9.65. The molecule has 5 nitrogen and oxygen atoms in total. The van der Waals surface area contributed by atoms with E-state index in [1.807, 2.05) is 35.2 Å². The summed E-state index contributed by atoms with van der Waals surface area (Å²) in [5, 5.41) is 0. The largest absolute Gasteiger partial charge is 0.326 e. The summed E-state index contributed by atoms with van der Waals surface area (Å²) < 4.78 is 0. The lowest BCUT2D eigenvalue weighted by Crippen LogP contribution is -2.45. The van der Waals surface area contributed by atoms with Gasteiger partial charge in [0.25, 0.3) is 0 Å². The van der Waals surface area contributed by atoms with Gasteiger partial charge in [-0.05, 0) is 41.7 Å². The monoisotopic (exact) mass is 414 g/mol. The fourth-order valence-electron chi connectivity index (χ4n) is 3.94. The van der Waals surface area contributed by atoms with Crippen molar-refractivity contribution in [1.29, 1.82) is 0 Å². The Labute approximate surface area is 184 Å². The highest BCUT2D eigenvalue weighted by atomic mass is 16.2. The molecule has 1 aromatic heterocycles. The van der Waals surface area contributed by atoms with Crippen molar-refractivity contribution in [3.05, 3.63) is 78.9 Å². The van der Waals surface area contributed by atoms with Crippen LogP contribution < -0.4 is 10.6 Å². The third-order valence-electron chi connectivity index (χ3n) is 6.35. The summed E-state index contributed by atoms with van der Waals surface area (Å²) in [4.78, 5) is 24.1. The number of aromatic nitrogens is 2. The minimum atomic E-state index is -0.0830. The minimum absolute atomic E-state index is 0.0760. The average molecular weight is 415 g/mol. The van der Waals surface area contributed by atoms with Crippen molar-refractivity contribution >= 4 is 11.6 Å². The molecule has 0 spiro atoms. The summed E-state index contributed by atoms with van der Waals surface area (Å²) in [6.07, 6.45) is 5.25. The molecule has 5 heteroatoms. The number of benzene rings is 2. The van der Waals surface area contributed by atoms with Gasteiger partial charge in [-0.25, -0.2) is 9.97 Å². The van der Waals surface area contributed by atoms with Gasteiger partial charge in [-0.1, -0.05) is 62.7 Å². The highest BCUT2D eigenvalue weighted by molar-refractivity contribution is 5.97. The van der Waals surface area contributed by atoms with Crippen molar-refractivity contribution < 1.29 is 4.79 Å². The SMILES string of the molecule is CC[C@H](C)[C@H](N)CN(C(=O)[C@@H]1C[C@H]1c1ncccn1)c1ccc(-c2ccccc2)cc1. The van der Waals surface area contributed by atoms with Crippen LogP contribution >= 0.6 is 0 Å². The number of hydrogen-bond acceptors (Lipinski definition) is 4. The van der Waals surface area contributed by atoms with Crippen LogP contribution in [0.2, 0.25) is 0 Å². The zero-order chi connectivity index (χ0) is 21.8. The van der Waals surface area contributed by atoms with E-state index < -0.39 is 0 Å². The van der Waals surface area contributed by atoms with E-state index in [9.17, 15) is 4.79 Å². The lowest BCUT2D eigenvalue weighted by Gasteiger charge is -2.29. The molecular formula is C26H30N4O. The van der Waals surface area contributed by atoms with Crippen LogP contribution in [0.15, 0.2) is 73.1 Å². The molecule has 0 radical (unpaired) electrons. The molecule has 1 aliphatic rings. The van der Waals surface area contributed by atoms with E-state index in [0.29, 0.717) is 12.5 Å². The first-order valence-electron chi connectivity index (χ1n) is 11.1. The van der Waals surface area contributed by atoms with Crippen molar-refractivity contribution in [2.24, 2.45) is 17.6 Å². The second kappa shape index (κ2) is 9.40. The Hall–Kier alpha value is -3.05. The van der Waals surface area contributed by atoms with Crippen LogP contribution in [0, 0.1) is 11.8 Å². The number of carbonyl (C=O) groups excluding carboxylic acids is 1. The predicted octanol–water partition coefficient (Wildman–Crippen LogP) is 4.65. The first kappa shape index (κ1) is 21.2. The van der Waals surface area contributed by atoms with E-state index in [-0.39, 0.29) is 23.8 Å². The molecule has 2 aromatic carbocycles. The van der Waals surface area contributed by atoms with Gasteiger partial charge < -0.3 is 10.6 Å². The van der Waals surface area contributed by atoms with Gasteiger partial charge in [-0.3, -0.25) is 4.79 Å². The minimum Gasteiger partial charge on any atom is -0.326 e. The van der Waals surface area contributed by atoms with Crippen molar-refractivity contribution in [1.82, 2.24) is 9.97 Å². The second-order valence-electron chi connectivity index (χ2n) is 8.47. The van der Waals surface area contributed by atoms with E-state index in [1.54, 1.807) is 18.5 Å². The molecule has 0 saturated heterocycles. The molecule has 2 N–H and O–H groups in total. The molecule has 0 unspecified atom stereocenters. The van der Waals surface area contributed by atoms with E-state index >= 15 is 0 Å². The van der Waals surface area contributed by atoms with Gasteiger partial charge in [-0.15, -0.1) is 0 Å². The van der Waals surface area contributed by atoms with Crippen LogP contribution in [-0.2, 0) is 4.79 Å². The molecular weight excluding hydrogens is 384 g/mol. The van der Waals surface area contributed by atoms with E-state index in [2.05, 4.69) is 48.1 Å². The Morgan fingerprint density at radius 2 is 1.68 bits per heavy atom. The summed E-state index contributed by atoms with van der Waals surface area (Å²) in [6, 6.07) is 20.2. The molecule has 1 heterocycles. The van der Waals surface area contributed by atoms with Crippen LogP contribution in [0.5, 0.6) is 0 Å². The summed E-state index contributed by atoms with van der Waals surface area (Å²) >= 11 is 0. The zero-order valence-corrected chi connectivity index (χ0v) is 18.2. The number of rotatable bonds is 8. The molecule has 0 bridgehead atoms. The average Bonchev–Trinajstić information content (AvgIpc) is 3.64. The van der Waals surface area contributed by atoms with E-state index in [0.717, 1.165) is 35.5 Å². The van der Waals surface area contributed by atoms with Crippen molar-refractivity contribution in [2.75, 3.05) is 11.4 Å². The number of anilines is 1. The summed E-state index contributed by atoms with van der Waals surface area (Å²) in [6.45, 7) is 4.79. The van der Waals surface area contributed by atoms with Gasteiger partial charge in [0.05, 0.1) is 0 Å². The molecule has 0 aliphatic heterocycles. The highest BCUT2D eigenvalue weighted by Crippen LogP contribution is 2.47. The van der Waals surface area contributed by atoms with Gasteiger partial charge >= 0.3 is 0 Å². The number of hydrogen-bond donors (Lipinski definition) is 1. The molecule has 4 rings (SSSR count). The van der Waals surface area contributed by atoms with E-state index in [1.165, 1.54) is 0 Å². The van der Waals surface area contributed by atoms with Crippen LogP contribution in [-0.4, -0.2) is 28.5 Å². The third-order valence-corrected chi connectivity index (χ3v) is 6.35. The summed E-state index contributed by atoms with van der Waals surface area (Å²) in [5.74, 6) is 1.22. The quantitative estimate of drug-likeness (QED) is 0.582. The number of nitrogens with two attached hydrogens (primary N) is 1. The van der Waals surface area contributed by atoms with Crippen LogP contribution in [0.4, 0.5) is 5.69 Å². The lowest BCUT2D eigenvalue weighted by molar-refractivity contribution is -0.120. The molecule has 4 atom stereocenters. The Bertz CT molecular complexity index is 991. The molecule has 160 valence electrons. The standard InChI is InChI=1S/C26H30N4O/c1-3-18(2)24(27)17-30(26(31)23-16-22(23)25-28-14-7-15-29-25)21-12-10-20(11-13-21)19-8-5-4-6-9-19/h4-15,18,22-24H,3,16-17,27H2,1-2H3/t18-,22+,23+,24+/m0/s1. The highest BCUT2D eigenvalue weighted by Gasteiger charge is 2.48. The van der Waals surface area contributed by atoms with Crippen LogP contribution in [0.1, 0.15) is 38.4 Å². The zero-order valence-electron chi connectivity index (χ0n) is 18.2. The predicted molar refractivity (Wildman–Crippen MR) is 125 cm³/mol. The first-order valence-corrected chi connectivity index (χ1v) is 11.1. The fourth-order valence-corrected chi connectivity index (χ4v) is 3.94. The maximum atomic E-state index is 13.5. The fraction of sp³-hybridized carbons (Fsp3) is 0.346. The lowest BCUT2D eigenvalue weighted by atomic mass is 9.99. The second-order valence-corrected chi connectivity index (χ2v) is 8.47. The number of amides is 1. The van der Waals surface area contributed by atoms with Gasteiger partial charge in [0, 0.05) is 42.5 Å². The topological polar surface area (TPSA) is 72.1 Å². The number of carbonyl (C=O) groups is 1. The van der Waals surface area contributed by atoms with Crippen molar-refractivity contribution in [3.63, 3.8) is 0 Å².